The third kappa shape index (κ3) is 4.74. The number of benzene rings is 2. The molecule has 0 bridgehead atoms. The van der Waals surface area contributed by atoms with Gasteiger partial charge in [-0.3, -0.25) is 4.79 Å². The van der Waals surface area contributed by atoms with Gasteiger partial charge in [-0.05, 0) is 68.0 Å². The van der Waals surface area contributed by atoms with Crippen molar-refractivity contribution in [2.24, 2.45) is 0 Å². The summed E-state index contributed by atoms with van der Waals surface area (Å²) in [5, 5.41) is 0. The molecule has 2 aliphatic rings. The molecule has 1 fully saturated rings. The number of piperidine rings is 1. The zero-order chi connectivity index (χ0) is 23.6. The quantitative estimate of drug-likeness (QED) is 0.492. The Morgan fingerprint density at radius 1 is 1.18 bits per heavy atom. The van der Waals surface area contributed by atoms with Crippen LogP contribution in [0.2, 0.25) is 0 Å². The number of fused-ring (bicyclic) bond motifs is 2. The van der Waals surface area contributed by atoms with Gasteiger partial charge in [0, 0.05) is 28.5 Å². The van der Waals surface area contributed by atoms with E-state index in [1.165, 1.54) is 18.2 Å². The molecule has 1 heterocycles. The Labute approximate surface area is 203 Å². The molecule has 0 N–H and O–H groups in total. The lowest BCUT2D eigenvalue weighted by Crippen LogP contribution is -2.44. The number of ether oxygens (including phenoxy) is 3. The highest BCUT2D eigenvalue weighted by molar-refractivity contribution is 9.10. The van der Waals surface area contributed by atoms with Crippen LogP contribution >= 0.6 is 15.9 Å². The number of methoxy groups -OCH3 is 1. The smallest absolute Gasteiger partial charge is 0.409 e. The average Bonchev–Trinajstić information content (AvgIpc) is 3.08. The minimum Gasteiger partial charge on any atom is -0.485 e. The first kappa shape index (κ1) is 23.6. The Morgan fingerprint density at radius 3 is 2.64 bits per heavy atom. The van der Waals surface area contributed by atoms with Crippen LogP contribution in [-0.4, -0.2) is 43.8 Å². The minimum absolute atomic E-state index is 0.0453. The number of amides is 1. The Morgan fingerprint density at radius 2 is 1.94 bits per heavy atom. The average molecular weight is 516 g/mol. The molecular weight excluding hydrogens is 486 g/mol. The lowest BCUT2D eigenvalue weighted by Gasteiger charge is -2.39. The summed E-state index contributed by atoms with van der Waals surface area (Å²) in [6, 6.07) is 12.3. The normalized spacial score (nSPS) is 18.7. The van der Waals surface area contributed by atoms with E-state index in [1.54, 1.807) is 4.90 Å². The van der Waals surface area contributed by atoms with E-state index >= 15 is 0 Å². The number of rotatable bonds is 5. The number of carbonyl (C=O) groups excluding carboxylic acids is 2. The van der Waals surface area contributed by atoms with Gasteiger partial charge in [0.25, 0.3) is 0 Å². The first-order chi connectivity index (χ1) is 15.9. The monoisotopic (exact) mass is 515 g/mol. The van der Waals surface area contributed by atoms with E-state index in [4.69, 9.17) is 14.2 Å². The van der Waals surface area contributed by atoms with Crippen LogP contribution in [0.3, 0.4) is 0 Å². The van der Waals surface area contributed by atoms with E-state index in [1.807, 2.05) is 32.0 Å². The molecule has 0 radical (unpaired) electrons. The molecule has 176 valence electrons. The van der Waals surface area contributed by atoms with Crippen molar-refractivity contribution >= 4 is 28.0 Å². The predicted molar refractivity (Wildman–Crippen MR) is 129 cm³/mol. The SMILES string of the molecule is CCOC(=O)Cc1c(C)cccc1OC1CC2(CCN(C(=O)OC)CC2)c2ccc(Br)cc21. The van der Waals surface area contributed by atoms with Crippen LogP contribution in [0.1, 0.15) is 54.5 Å². The van der Waals surface area contributed by atoms with E-state index in [0.717, 1.165) is 40.6 Å². The van der Waals surface area contributed by atoms with Crippen LogP contribution < -0.4 is 4.74 Å². The second-order valence-electron chi connectivity index (χ2n) is 8.81. The van der Waals surface area contributed by atoms with Crippen LogP contribution in [-0.2, 0) is 26.1 Å². The van der Waals surface area contributed by atoms with E-state index in [2.05, 4.69) is 34.1 Å². The molecule has 2 aromatic carbocycles. The van der Waals surface area contributed by atoms with Gasteiger partial charge in [-0.2, -0.15) is 0 Å². The molecule has 1 aliphatic heterocycles. The largest absolute Gasteiger partial charge is 0.485 e. The molecule has 1 atom stereocenters. The number of aryl methyl sites for hydroxylation is 1. The maximum atomic E-state index is 12.2. The van der Waals surface area contributed by atoms with Gasteiger partial charge in [0.15, 0.2) is 0 Å². The van der Waals surface area contributed by atoms with Gasteiger partial charge in [-0.1, -0.05) is 34.1 Å². The van der Waals surface area contributed by atoms with Crippen molar-refractivity contribution in [3.8, 4) is 5.75 Å². The Kier molecular flexibility index (Phi) is 6.98. The highest BCUT2D eigenvalue weighted by atomic mass is 79.9. The topological polar surface area (TPSA) is 65.1 Å². The molecule has 33 heavy (non-hydrogen) atoms. The summed E-state index contributed by atoms with van der Waals surface area (Å²) in [4.78, 5) is 26.0. The van der Waals surface area contributed by atoms with Gasteiger partial charge in [-0.25, -0.2) is 4.79 Å². The van der Waals surface area contributed by atoms with Crippen molar-refractivity contribution in [2.75, 3.05) is 26.8 Å². The number of halogens is 1. The number of likely N-dealkylation sites (tertiary alicyclic amines) is 1. The lowest BCUT2D eigenvalue weighted by atomic mass is 9.74. The molecule has 7 heteroatoms. The van der Waals surface area contributed by atoms with Crippen LogP contribution in [0.25, 0.3) is 0 Å². The molecule has 2 aromatic rings. The van der Waals surface area contributed by atoms with Gasteiger partial charge >= 0.3 is 12.1 Å². The minimum atomic E-state index is -0.268. The maximum Gasteiger partial charge on any atom is 0.409 e. The number of hydrogen-bond donors (Lipinski definition) is 0. The van der Waals surface area contributed by atoms with Crippen LogP contribution in [0, 0.1) is 6.92 Å². The fourth-order valence-electron chi connectivity index (χ4n) is 5.20. The van der Waals surface area contributed by atoms with Crippen LogP contribution in [0.15, 0.2) is 40.9 Å². The van der Waals surface area contributed by atoms with E-state index in [0.29, 0.717) is 19.7 Å². The van der Waals surface area contributed by atoms with E-state index < -0.39 is 0 Å². The van der Waals surface area contributed by atoms with Gasteiger partial charge in [0.1, 0.15) is 11.9 Å². The van der Waals surface area contributed by atoms with Crippen molar-refractivity contribution in [3.63, 3.8) is 0 Å². The number of carbonyl (C=O) groups is 2. The van der Waals surface area contributed by atoms with Crippen molar-refractivity contribution in [1.82, 2.24) is 4.90 Å². The number of esters is 1. The van der Waals surface area contributed by atoms with Gasteiger partial charge in [0.05, 0.1) is 20.1 Å². The summed E-state index contributed by atoms with van der Waals surface area (Å²) in [5.74, 6) is 0.473. The summed E-state index contributed by atoms with van der Waals surface area (Å²) in [7, 11) is 1.43. The first-order valence-electron chi connectivity index (χ1n) is 11.4. The Balaban J connectivity index is 1.62. The molecule has 0 saturated carbocycles. The third-order valence-corrected chi connectivity index (χ3v) is 7.42. The zero-order valence-corrected chi connectivity index (χ0v) is 20.9. The highest BCUT2D eigenvalue weighted by Crippen LogP contribution is 2.53. The van der Waals surface area contributed by atoms with Crippen molar-refractivity contribution < 1.29 is 23.8 Å². The second kappa shape index (κ2) is 9.75. The molecule has 1 aliphatic carbocycles. The molecule has 1 unspecified atom stereocenters. The predicted octanol–water partition coefficient (Wildman–Crippen LogP) is 5.49. The van der Waals surface area contributed by atoms with Gasteiger partial charge < -0.3 is 19.1 Å². The molecule has 4 rings (SSSR count). The Hall–Kier alpha value is -2.54. The van der Waals surface area contributed by atoms with Crippen molar-refractivity contribution in [3.05, 3.63) is 63.1 Å². The van der Waals surface area contributed by atoms with Crippen molar-refractivity contribution in [2.45, 2.75) is 51.0 Å². The van der Waals surface area contributed by atoms with Crippen molar-refractivity contribution in [1.29, 1.82) is 0 Å². The van der Waals surface area contributed by atoms with Gasteiger partial charge in [0.2, 0.25) is 0 Å². The third-order valence-electron chi connectivity index (χ3n) is 6.92. The Bertz CT molecular complexity index is 1040. The zero-order valence-electron chi connectivity index (χ0n) is 19.4. The van der Waals surface area contributed by atoms with Crippen LogP contribution in [0.4, 0.5) is 4.79 Å². The molecule has 1 amide bonds. The number of nitrogens with zero attached hydrogens (tertiary/aromatic N) is 1. The fraction of sp³-hybridized carbons (Fsp3) is 0.462. The van der Waals surface area contributed by atoms with Gasteiger partial charge in [-0.15, -0.1) is 0 Å². The highest BCUT2D eigenvalue weighted by Gasteiger charge is 2.47. The summed E-state index contributed by atoms with van der Waals surface area (Å²) in [5.41, 5.74) is 4.29. The first-order valence-corrected chi connectivity index (χ1v) is 12.2. The van der Waals surface area contributed by atoms with E-state index in [9.17, 15) is 9.59 Å². The molecule has 6 nitrogen and oxygen atoms in total. The molecular formula is C26H30BrNO5. The summed E-state index contributed by atoms with van der Waals surface area (Å²) in [6.45, 7) is 5.48. The number of hydrogen-bond acceptors (Lipinski definition) is 5. The summed E-state index contributed by atoms with van der Waals surface area (Å²) >= 11 is 3.62. The molecule has 1 spiro atoms. The fourth-order valence-corrected chi connectivity index (χ4v) is 5.58. The summed E-state index contributed by atoms with van der Waals surface area (Å²) in [6.07, 6.45) is 2.34. The van der Waals surface area contributed by atoms with Crippen LogP contribution in [0.5, 0.6) is 5.75 Å². The second-order valence-corrected chi connectivity index (χ2v) is 9.73. The standard InChI is InChI=1S/C26H30BrNO5/c1-4-32-24(29)15-19-17(2)6-5-7-22(19)33-23-16-26(21-9-8-18(27)14-20(21)23)10-12-28(13-11-26)25(30)31-3/h5-9,14,23H,4,10-13,15-16H2,1-3H3. The van der Waals surface area contributed by atoms with E-state index in [-0.39, 0.29) is 30.0 Å². The summed E-state index contributed by atoms with van der Waals surface area (Å²) < 4.78 is 17.7. The lowest BCUT2D eigenvalue weighted by molar-refractivity contribution is -0.142. The maximum absolute atomic E-state index is 12.2. The molecule has 1 saturated heterocycles. The molecule has 0 aromatic heterocycles.